The second kappa shape index (κ2) is 7.93. The minimum absolute atomic E-state index is 0.0672. The number of aromatic nitrogens is 2. The summed E-state index contributed by atoms with van der Waals surface area (Å²) in [6, 6.07) is 8.96. The Labute approximate surface area is 155 Å². The molecule has 0 spiro atoms. The molecule has 2 aromatic heterocycles. The molecule has 0 saturated carbocycles. The summed E-state index contributed by atoms with van der Waals surface area (Å²) in [4.78, 5) is 16.3. The molecule has 7 heteroatoms. The summed E-state index contributed by atoms with van der Waals surface area (Å²) < 4.78 is 17.6. The van der Waals surface area contributed by atoms with Gasteiger partial charge >= 0.3 is 5.97 Å². The first-order valence-corrected chi connectivity index (χ1v) is 8.17. The smallest absolute Gasteiger partial charge is 0.331 e. The fourth-order valence-corrected chi connectivity index (χ4v) is 2.65. The number of hydrogen-bond acceptors (Lipinski definition) is 5. The molecule has 0 radical (unpaired) electrons. The van der Waals surface area contributed by atoms with Crippen molar-refractivity contribution in [3.63, 3.8) is 0 Å². The molecule has 3 rings (SSSR count). The Bertz CT molecular complexity index is 965. The first-order chi connectivity index (χ1) is 12.6. The SMILES string of the molecule is COc1cccc(/C=C/C(=O)OCc2cn3cc(Cl)ccc3n2)c1OC. The number of rotatable bonds is 6. The normalized spacial score (nSPS) is 11.0. The lowest BCUT2D eigenvalue weighted by molar-refractivity contribution is -0.139. The van der Waals surface area contributed by atoms with E-state index in [-0.39, 0.29) is 6.61 Å². The number of methoxy groups -OCH3 is 2. The van der Waals surface area contributed by atoms with E-state index in [4.69, 9.17) is 25.8 Å². The van der Waals surface area contributed by atoms with Crippen LogP contribution >= 0.6 is 11.6 Å². The van der Waals surface area contributed by atoms with Crippen molar-refractivity contribution in [3.05, 3.63) is 65.1 Å². The van der Waals surface area contributed by atoms with E-state index in [1.54, 1.807) is 55.3 Å². The van der Waals surface area contributed by atoms with Crippen LogP contribution in [-0.2, 0) is 16.1 Å². The maximum Gasteiger partial charge on any atom is 0.331 e. The number of fused-ring (bicyclic) bond motifs is 1. The molecule has 0 aliphatic carbocycles. The number of halogens is 1. The lowest BCUT2D eigenvalue weighted by Gasteiger charge is -2.09. The summed E-state index contributed by atoms with van der Waals surface area (Å²) in [6.07, 6.45) is 6.46. The Kier molecular flexibility index (Phi) is 5.43. The average molecular weight is 373 g/mol. The number of nitrogens with zero attached hydrogens (tertiary/aromatic N) is 2. The molecule has 0 aliphatic rings. The van der Waals surface area contributed by atoms with Crippen LogP contribution in [0.3, 0.4) is 0 Å². The van der Waals surface area contributed by atoms with Gasteiger partial charge in [0.1, 0.15) is 12.3 Å². The van der Waals surface area contributed by atoms with Crippen molar-refractivity contribution in [2.45, 2.75) is 6.61 Å². The maximum atomic E-state index is 12.0. The highest BCUT2D eigenvalue weighted by atomic mass is 35.5. The molecule has 0 aliphatic heterocycles. The van der Waals surface area contributed by atoms with Crippen LogP contribution < -0.4 is 9.47 Å². The van der Waals surface area contributed by atoms with E-state index in [9.17, 15) is 4.79 Å². The lowest BCUT2D eigenvalue weighted by atomic mass is 10.1. The van der Waals surface area contributed by atoms with Crippen molar-refractivity contribution in [1.29, 1.82) is 0 Å². The van der Waals surface area contributed by atoms with E-state index in [1.165, 1.54) is 6.08 Å². The molecule has 1 aromatic carbocycles. The zero-order chi connectivity index (χ0) is 18.5. The average Bonchev–Trinajstić information content (AvgIpc) is 3.06. The molecule has 2 heterocycles. The van der Waals surface area contributed by atoms with Crippen molar-refractivity contribution in [1.82, 2.24) is 9.38 Å². The number of ether oxygens (including phenoxy) is 3. The molecular formula is C19H17ClN2O4. The Hall–Kier alpha value is -2.99. The van der Waals surface area contributed by atoms with Crippen LogP contribution in [0.1, 0.15) is 11.3 Å². The molecule has 134 valence electrons. The van der Waals surface area contributed by atoms with Gasteiger partial charge in [-0.25, -0.2) is 9.78 Å². The minimum atomic E-state index is -0.482. The number of carbonyl (C=O) groups is 1. The molecule has 0 amide bonds. The van der Waals surface area contributed by atoms with Gasteiger partial charge in [-0.1, -0.05) is 23.7 Å². The highest BCUT2D eigenvalue weighted by Gasteiger charge is 2.08. The molecule has 0 unspecified atom stereocenters. The third-order valence-electron chi connectivity index (χ3n) is 3.66. The number of imidazole rings is 1. The van der Waals surface area contributed by atoms with Crippen LogP contribution in [0.5, 0.6) is 11.5 Å². The van der Waals surface area contributed by atoms with Crippen molar-refractivity contribution >= 4 is 29.3 Å². The van der Waals surface area contributed by atoms with Gasteiger partial charge in [0.25, 0.3) is 0 Å². The summed E-state index contributed by atoms with van der Waals surface area (Å²) in [6.45, 7) is 0.0672. The largest absolute Gasteiger partial charge is 0.493 e. The van der Waals surface area contributed by atoms with E-state index >= 15 is 0 Å². The summed E-state index contributed by atoms with van der Waals surface area (Å²) >= 11 is 5.94. The minimum Gasteiger partial charge on any atom is -0.493 e. The Morgan fingerprint density at radius 3 is 2.81 bits per heavy atom. The summed E-state index contributed by atoms with van der Waals surface area (Å²) in [5.74, 6) is 0.660. The molecular weight excluding hydrogens is 356 g/mol. The Morgan fingerprint density at radius 2 is 2.04 bits per heavy atom. The molecule has 0 N–H and O–H groups in total. The van der Waals surface area contributed by atoms with Crippen LogP contribution in [0.2, 0.25) is 5.02 Å². The van der Waals surface area contributed by atoms with Crippen molar-refractivity contribution in [2.75, 3.05) is 14.2 Å². The predicted octanol–water partition coefficient (Wildman–Crippen LogP) is 3.76. The second-order valence-electron chi connectivity index (χ2n) is 5.37. The number of benzene rings is 1. The van der Waals surface area contributed by atoms with Crippen LogP contribution in [-0.4, -0.2) is 29.6 Å². The molecule has 0 atom stereocenters. The lowest BCUT2D eigenvalue weighted by Crippen LogP contribution is -2.01. The van der Waals surface area contributed by atoms with E-state index < -0.39 is 5.97 Å². The quantitative estimate of drug-likeness (QED) is 0.487. The fraction of sp³-hybridized carbons (Fsp3) is 0.158. The third-order valence-corrected chi connectivity index (χ3v) is 3.88. The topological polar surface area (TPSA) is 62.1 Å². The second-order valence-corrected chi connectivity index (χ2v) is 5.81. The number of carbonyl (C=O) groups excluding carboxylic acids is 1. The number of para-hydroxylation sites is 1. The van der Waals surface area contributed by atoms with Gasteiger partial charge in [-0.05, 0) is 24.3 Å². The maximum absolute atomic E-state index is 12.0. The van der Waals surface area contributed by atoms with Gasteiger partial charge in [-0.15, -0.1) is 0 Å². The van der Waals surface area contributed by atoms with Crippen LogP contribution in [0.25, 0.3) is 11.7 Å². The van der Waals surface area contributed by atoms with Crippen molar-refractivity contribution in [3.8, 4) is 11.5 Å². The molecule has 3 aromatic rings. The monoisotopic (exact) mass is 372 g/mol. The van der Waals surface area contributed by atoms with Crippen LogP contribution in [0.4, 0.5) is 0 Å². The van der Waals surface area contributed by atoms with Crippen molar-refractivity contribution in [2.24, 2.45) is 0 Å². The fourth-order valence-electron chi connectivity index (χ4n) is 2.48. The van der Waals surface area contributed by atoms with Gasteiger partial charge in [-0.2, -0.15) is 0 Å². The van der Waals surface area contributed by atoms with E-state index in [2.05, 4.69) is 4.98 Å². The van der Waals surface area contributed by atoms with Gasteiger partial charge < -0.3 is 18.6 Å². The van der Waals surface area contributed by atoms with Gasteiger partial charge in [0.15, 0.2) is 11.5 Å². The highest BCUT2D eigenvalue weighted by Crippen LogP contribution is 2.31. The first-order valence-electron chi connectivity index (χ1n) is 7.79. The van der Waals surface area contributed by atoms with Crippen LogP contribution in [0.15, 0.2) is 48.8 Å². The number of hydrogen-bond donors (Lipinski definition) is 0. The number of esters is 1. The molecule has 0 saturated heterocycles. The predicted molar refractivity (Wildman–Crippen MR) is 98.6 cm³/mol. The van der Waals surface area contributed by atoms with Crippen molar-refractivity contribution < 1.29 is 19.0 Å². The van der Waals surface area contributed by atoms with Crippen LogP contribution in [0, 0.1) is 0 Å². The zero-order valence-electron chi connectivity index (χ0n) is 14.3. The van der Waals surface area contributed by atoms with E-state index in [0.29, 0.717) is 27.8 Å². The van der Waals surface area contributed by atoms with E-state index in [1.807, 2.05) is 12.1 Å². The summed E-state index contributed by atoms with van der Waals surface area (Å²) in [7, 11) is 3.10. The first kappa shape index (κ1) is 17.8. The van der Waals surface area contributed by atoms with E-state index in [0.717, 1.165) is 5.65 Å². The molecule has 6 nitrogen and oxygen atoms in total. The standard InChI is InChI=1S/C19H17ClN2O4/c1-24-16-5-3-4-13(19(16)25-2)6-9-18(23)26-12-15-11-22-10-14(20)7-8-17(22)21-15/h3-11H,12H2,1-2H3/b9-6+. The van der Waals surface area contributed by atoms with Gasteiger partial charge in [-0.3, -0.25) is 0 Å². The summed E-state index contributed by atoms with van der Waals surface area (Å²) in [5.41, 5.74) is 2.08. The number of pyridine rings is 1. The zero-order valence-corrected chi connectivity index (χ0v) is 15.1. The Morgan fingerprint density at radius 1 is 1.19 bits per heavy atom. The highest BCUT2D eigenvalue weighted by molar-refractivity contribution is 6.30. The van der Waals surface area contributed by atoms with Gasteiger partial charge in [0.05, 0.1) is 24.9 Å². The van der Waals surface area contributed by atoms with Gasteiger partial charge in [0.2, 0.25) is 0 Å². The molecule has 0 bridgehead atoms. The third kappa shape index (κ3) is 3.97. The molecule has 0 fully saturated rings. The van der Waals surface area contributed by atoms with Gasteiger partial charge in [0, 0.05) is 24.0 Å². The molecule has 26 heavy (non-hydrogen) atoms. The Balaban J connectivity index is 1.66. The summed E-state index contributed by atoms with van der Waals surface area (Å²) in [5, 5.41) is 0.605.